The van der Waals surface area contributed by atoms with Gasteiger partial charge in [-0.05, 0) is 95.3 Å². The number of likely N-dealkylation sites (tertiary alicyclic amines) is 1. The zero-order valence-electron chi connectivity index (χ0n) is 19.4. The number of aliphatic hydroxyl groups excluding tert-OH is 1. The summed E-state index contributed by atoms with van der Waals surface area (Å²) in [5.41, 5.74) is 1.37. The molecule has 0 aromatic carbocycles. The van der Waals surface area contributed by atoms with Gasteiger partial charge in [-0.25, -0.2) is 0 Å². The first-order valence-electron chi connectivity index (χ1n) is 12.7. The van der Waals surface area contributed by atoms with E-state index in [1.165, 1.54) is 44.2 Å². The molecule has 3 nitrogen and oxygen atoms in total. The van der Waals surface area contributed by atoms with Gasteiger partial charge in [0.25, 0.3) is 0 Å². The lowest BCUT2D eigenvalue weighted by atomic mass is 9.67. The van der Waals surface area contributed by atoms with Crippen LogP contribution in [0, 0.1) is 11.3 Å². The Bertz CT molecular complexity index is 735. The fraction of sp³-hybridized carbons (Fsp3) is 0.643. The average Bonchev–Trinajstić information content (AvgIpc) is 3.19. The lowest BCUT2D eigenvalue weighted by molar-refractivity contribution is 0.0316. The summed E-state index contributed by atoms with van der Waals surface area (Å²) in [4.78, 5) is 5.29. The molecule has 0 aromatic heterocycles. The highest BCUT2D eigenvalue weighted by molar-refractivity contribution is 5.41. The number of nitrogens with zero attached hydrogens (tertiary/aromatic N) is 2. The van der Waals surface area contributed by atoms with Crippen LogP contribution in [0.25, 0.3) is 0 Å². The molecule has 2 saturated heterocycles. The minimum absolute atomic E-state index is 0.137. The first kappa shape index (κ1) is 22.6. The molecule has 4 aliphatic heterocycles. The van der Waals surface area contributed by atoms with E-state index in [4.69, 9.17) is 0 Å². The van der Waals surface area contributed by atoms with Crippen molar-refractivity contribution in [3.63, 3.8) is 0 Å². The second-order valence-corrected chi connectivity index (χ2v) is 10.1. The van der Waals surface area contributed by atoms with E-state index >= 15 is 0 Å². The Kier molecular flexibility index (Phi) is 7.55. The number of hydrogen-bond donors (Lipinski definition) is 1. The summed E-state index contributed by atoms with van der Waals surface area (Å²) in [6.07, 6.45) is 25.1. The maximum atomic E-state index is 11.6. The van der Waals surface area contributed by atoms with Gasteiger partial charge in [0.15, 0.2) is 0 Å². The van der Waals surface area contributed by atoms with Crippen LogP contribution in [0.4, 0.5) is 0 Å². The summed E-state index contributed by atoms with van der Waals surface area (Å²) in [6.45, 7) is 12.6. The van der Waals surface area contributed by atoms with Gasteiger partial charge in [0.05, 0.1) is 6.04 Å². The third kappa shape index (κ3) is 4.50. The molecule has 5 atom stereocenters. The van der Waals surface area contributed by atoms with Crippen molar-refractivity contribution in [3.05, 3.63) is 60.9 Å². The van der Waals surface area contributed by atoms with Gasteiger partial charge in [0.2, 0.25) is 0 Å². The molecular weight excluding hydrogens is 380 g/mol. The van der Waals surface area contributed by atoms with Gasteiger partial charge in [-0.3, -0.25) is 4.90 Å². The molecule has 5 rings (SSSR count). The topological polar surface area (TPSA) is 26.7 Å². The Morgan fingerprint density at radius 1 is 1.06 bits per heavy atom. The average molecular weight is 423 g/mol. The molecule has 5 aliphatic rings. The third-order valence-electron chi connectivity index (χ3n) is 8.17. The molecule has 1 N–H and O–H groups in total. The molecule has 2 fully saturated rings. The van der Waals surface area contributed by atoms with Crippen molar-refractivity contribution in [2.24, 2.45) is 11.3 Å². The number of rotatable bonds is 6. The van der Waals surface area contributed by atoms with Crippen molar-refractivity contribution >= 4 is 0 Å². The Hall–Kier alpha value is -1.58. The van der Waals surface area contributed by atoms with E-state index in [9.17, 15) is 5.11 Å². The molecule has 0 aromatic rings. The smallest absolute Gasteiger partial charge is 0.113 e. The van der Waals surface area contributed by atoms with Crippen molar-refractivity contribution in [3.8, 4) is 0 Å². The lowest BCUT2D eigenvalue weighted by Crippen LogP contribution is -2.52. The van der Waals surface area contributed by atoms with Crippen molar-refractivity contribution < 1.29 is 5.11 Å². The molecule has 4 bridgehead atoms. The highest BCUT2D eigenvalue weighted by Gasteiger charge is 2.63. The normalized spacial score (nSPS) is 38.3. The molecular formula is C28H42N2O. The zero-order chi connectivity index (χ0) is 21.7. The lowest BCUT2D eigenvalue weighted by Gasteiger charge is -2.46. The Morgan fingerprint density at radius 2 is 1.90 bits per heavy atom. The van der Waals surface area contributed by atoms with Gasteiger partial charge in [-0.1, -0.05) is 36.5 Å². The number of piperidine rings is 1. The number of aliphatic hydroxyl groups is 1. The van der Waals surface area contributed by atoms with Crippen molar-refractivity contribution in [2.45, 2.75) is 76.3 Å². The summed E-state index contributed by atoms with van der Waals surface area (Å²) >= 11 is 0. The van der Waals surface area contributed by atoms with E-state index in [0.717, 1.165) is 51.7 Å². The van der Waals surface area contributed by atoms with Gasteiger partial charge in [-0.15, -0.1) is 13.2 Å². The Labute approximate surface area is 189 Å². The molecule has 170 valence electrons. The second kappa shape index (κ2) is 10.4. The van der Waals surface area contributed by atoms with Gasteiger partial charge in [0, 0.05) is 18.0 Å². The molecule has 0 radical (unpaired) electrons. The molecule has 3 heteroatoms. The molecule has 1 unspecified atom stereocenters. The van der Waals surface area contributed by atoms with Crippen LogP contribution in [0.3, 0.4) is 0 Å². The standard InChI is InChI=1S/C28H42N2O/c1-3-5-6-15-19-30-23(4-2)21-28-22-29-18-14-12-10-8-7-9-11-13-16-24(25(28)17-20-29)26(31)27(28)30/h3-4,7-8,13,16,23,25,27,31H,1-2,5-6,9-12,14-15,17-22H2/b8-7-,16-13+/t23-,25-,27-,28-/m0/s1. The molecule has 1 spiro atoms. The van der Waals surface area contributed by atoms with Crippen LogP contribution >= 0.6 is 0 Å². The quantitative estimate of drug-likeness (QED) is 0.409. The minimum Gasteiger partial charge on any atom is -0.510 e. The predicted molar refractivity (Wildman–Crippen MR) is 131 cm³/mol. The monoisotopic (exact) mass is 422 g/mol. The maximum absolute atomic E-state index is 11.6. The molecule has 0 amide bonds. The minimum atomic E-state index is 0.137. The summed E-state index contributed by atoms with van der Waals surface area (Å²) in [6, 6.07) is 0.523. The first-order valence-corrected chi connectivity index (χ1v) is 12.7. The third-order valence-corrected chi connectivity index (χ3v) is 8.17. The predicted octanol–water partition coefficient (Wildman–Crippen LogP) is 6.18. The van der Waals surface area contributed by atoms with Crippen molar-refractivity contribution in [1.29, 1.82) is 0 Å². The zero-order valence-corrected chi connectivity index (χ0v) is 19.4. The fourth-order valence-electron chi connectivity index (χ4n) is 6.78. The van der Waals surface area contributed by atoms with E-state index in [0.29, 0.717) is 17.7 Å². The highest BCUT2D eigenvalue weighted by atomic mass is 16.3. The molecule has 1 aliphatic carbocycles. The van der Waals surface area contributed by atoms with Crippen LogP contribution in [0.2, 0.25) is 0 Å². The van der Waals surface area contributed by atoms with E-state index in [2.05, 4.69) is 53.3 Å². The Balaban J connectivity index is 1.65. The number of allylic oxidation sites excluding steroid dienone is 6. The largest absolute Gasteiger partial charge is 0.510 e. The van der Waals surface area contributed by atoms with Crippen molar-refractivity contribution in [2.75, 3.05) is 26.2 Å². The van der Waals surface area contributed by atoms with E-state index in [1.54, 1.807) is 0 Å². The van der Waals surface area contributed by atoms with Crippen LogP contribution in [0.5, 0.6) is 0 Å². The summed E-state index contributed by atoms with van der Waals surface area (Å²) in [7, 11) is 0. The van der Waals surface area contributed by atoms with E-state index in [1.807, 2.05) is 6.08 Å². The van der Waals surface area contributed by atoms with Gasteiger partial charge in [-0.2, -0.15) is 0 Å². The molecule has 0 saturated carbocycles. The van der Waals surface area contributed by atoms with Crippen LogP contribution in [0.15, 0.2) is 60.9 Å². The number of fused-ring (bicyclic) bond motifs is 8. The van der Waals surface area contributed by atoms with Crippen LogP contribution in [-0.2, 0) is 0 Å². The van der Waals surface area contributed by atoms with Gasteiger partial charge < -0.3 is 10.0 Å². The summed E-state index contributed by atoms with van der Waals surface area (Å²) in [5.74, 6) is 1.14. The van der Waals surface area contributed by atoms with E-state index in [-0.39, 0.29) is 11.5 Å². The second-order valence-electron chi connectivity index (χ2n) is 10.1. The highest BCUT2D eigenvalue weighted by Crippen LogP contribution is 2.60. The van der Waals surface area contributed by atoms with Gasteiger partial charge in [0.1, 0.15) is 5.76 Å². The summed E-state index contributed by atoms with van der Waals surface area (Å²) < 4.78 is 0. The fourth-order valence-corrected chi connectivity index (χ4v) is 6.78. The molecule has 4 heterocycles. The number of hydrogen-bond acceptors (Lipinski definition) is 3. The van der Waals surface area contributed by atoms with E-state index < -0.39 is 0 Å². The van der Waals surface area contributed by atoms with Gasteiger partial charge >= 0.3 is 0 Å². The first-order chi connectivity index (χ1) is 15.2. The van der Waals surface area contributed by atoms with Crippen LogP contribution < -0.4 is 0 Å². The maximum Gasteiger partial charge on any atom is 0.113 e. The summed E-state index contributed by atoms with van der Waals surface area (Å²) in [5, 5.41) is 11.6. The molecule has 31 heavy (non-hydrogen) atoms. The van der Waals surface area contributed by atoms with Crippen molar-refractivity contribution in [1.82, 2.24) is 9.80 Å². The van der Waals surface area contributed by atoms with Crippen LogP contribution in [0.1, 0.15) is 64.2 Å². The Morgan fingerprint density at radius 3 is 2.74 bits per heavy atom. The SMILES string of the molecule is C=CCCCCN1[C@H]2C(O)=C3/C=C/CC/C=C\CCCCN4CC[C@@H]3[C@]2(C[C@@H]1C=C)C4. The number of unbranched alkanes of at least 4 members (excludes halogenated alkanes) is 2. The van der Waals surface area contributed by atoms with Crippen LogP contribution in [-0.4, -0.2) is 53.2 Å².